The van der Waals surface area contributed by atoms with Crippen molar-refractivity contribution in [2.45, 2.75) is 12.8 Å². The molecule has 0 N–H and O–H groups in total. The Morgan fingerprint density at radius 2 is 2.43 bits per heavy atom. The maximum atomic E-state index is 8.70. The molecule has 0 aliphatic rings. The number of nitrogens with zero attached hydrogens (tertiary/aromatic N) is 5. The van der Waals surface area contributed by atoms with Crippen molar-refractivity contribution in [2.24, 2.45) is 0 Å². The van der Waals surface area contributed by atoms with Crippen molar-refractivity contribution in [3.8, 4) is 6.07 Å². The van der Waals surface area contributed by atoms with Gasteiger partial charge in [-0.15, -0.1) is 5.10 Å². The van der Waals surface area contributed by atoms with Gasteiger partial charge in [0.15, 0.2) is 5.82 Å². The molecule has 1 unspecified atom stereocenters. The predicted octanol–water partition coefficient (Wildman–Crippen LogP) is 1.51. The van der Waals surface area contributed by atoms with Crippen LogP contribution in [-0.4, -0.2) is 19.6 Å². The first-order chi connectivity index (χ1) is 6.70. The molecule has 0 radical (unpaired) electrons. The van der Waals surface area contributed by atoms with Crippen molar-refractivity contribution >= 4 is 21.7 Å². The molecule has 0 aliphatic carbocycles. The summed E-state index contributed by atoms with van der Waals surface area (Å²) in [5.74, 6) is 0.693. The summed E-state index contributed by atoms with van der Waals surface area (Å²) in [6, 6.07) is 2.08. The Balaban J connectivity index is 2.58. The van der Waals surface area contributed by atoms with Gasteiger partial charge in [-0.3, -0.25) is 0 Å². The second-order valence-corrected chi connectivity index (χ2v) is 3.75. The Labute approximate surface area is 88.5 Å². The fraction of sp³-hybridized carbons (Fsp3) is 0.250. The van der Waals surface area contributed by atoms with Crippen LogP contribution >= 0.6 is 15.9 Å². The van der Waals surface area contributed by atoms with Crippen molar-refractivity contribution in [1.82, 2.24) is 19.6 Å². The molecule has 0 saturated heterocycles. The van der Waals surface area contributed by atoms with E-state index in [1.54, 1.807) is 23.8 Å². The lowest BCUT2D eigenvalue weighted by molar-refractivity contribution is 0.828. The summed E-state index contributed by atoms with van der Waals surface area (Å²) in [4.78, 5) is 8.17. The molecule has 14 heavy (non-hydrogen) atoms. The molecule has 0 amide bonds. The summed E-state index contributed by atoms with van der Waals surface area (Å²) in [6.45, 7) is 1.75. The summed E-state index contributed by atoms with van der Waals surface area (Å²) in [7, 11) is 0. The molecule has 0 aromatic carbocycles. The minimum absolute atomic E-state index is 0.310. The fourth-order valence-electron chi connectivity index (χ4n) is 1.02. The van der Waals surface area contributed by atoms with Crippen LogP contribution in [0.5, 0.6) is 0 Å². The lowest BCUT2D eigenvalue weighted by Gasteiger charge is -1.90. The third kappa shape index (κ3) is 1.46. The van der Waals surface area contributed by atoms with Crippen molar-refractivity contribution in [3.63, 3.8) is 0 Å². The van der Waals surface area contributed by atoms with Gasteiger partial charge < -0.3 is 0 Å². The van der Waals surface area contributed by atoms with Crippen LogP contribution in [0.2, 0.25) is 0 Å². The number of rotatable bonds is 1. The van der Waals surface area contributed by atoms with Crippen LogP contribution < -0.4 is 0 Å². The number of hydrogen-bond acceptors (Lipinski definition) is 4. The third-order valence-electron chi connectivity index (χ3n) is 1.76. The minimum Gasteiger partial charge on any atom is -0.218 e. The number of halogens is 1. The molecular formula is C8H6BrN5. The molecule has 2 aromatic heterocycles. The first-order valence-electron chi connectivity index (χ1n) is 3.98. The summed E-state index contributed by atoms with van der Waals surface area (Å²) in [5.41, 5.74) is 0. The van der Waals surface area contributed by atoms with Crippen LogP contribution in [-0.2, 0) is 0 Å². The van der Waals surface area contributed by atoms with Crippen molar-refractivity contribution < 1.29 is 0 Å². The Morgan fingerprint density at radius 1 is 1.64 bits per heavy atom. The summed E-state index contributed by atoms with van der Waals surface area (Å²) in [6.07, 6.45) is 3.40. The molecule has 2 aromatic rings. The number of nitriles is 1. The molecule has 0 bridgehead atoms. The van der Waals surface area contributed by atoms with E-state index in [1.165, 1.54) is 0 Å². The monoisotopic (exact) mass is 251 g/mol. The zero-order valence-corrected chi connectivity index (χ0v) is 8.93. The number of fused-ring (bicyclic) bond motifs is 1. The third-order valence-corrected chi connectivity index (χ3v) is 2.17. The van der Waals surface area contributed by atoms with Gasteiger partial charge in [0.05, 0.1) is 10.5 Å². The van der Waals surface area contributed by atoms with Crippen LogP contribution in [0.4, 0.5) is 0 Å². The molecule has 2 heterocycles. The van der Waals surface area contributed by atoms with Crippen molar-refractivity contribution in [3.05, 3.63) is 22.7 Å². The first-order valence-corrected chi connectivity index (χ1v) is 4.77. The van der Waals surface area contributed by atoms with Crippen LogP contribution in [0.3, 0.4) is 0 Å². The van der Waals surface area contributed by atoms with Crippen LogP contribution in [0, 0.1) is 11.3 Å². The topological polar surface area (TPSA) is 66.9 Å². The van der Waals surface area contributed by atoms with Crippen LogP contribution in [0.1, 0.15) is 18.7 Å². The van der Waals surface area contributed by atoms with Gasteiger partial charge in [-0.1, -0.05) is 0 Å². The van der Waals surface area contributed by atoms with E-state index in [-0.39, 0.29) is 5.92 Å². The van der Waals surface area contributed by atoms with Gasteiger partial charge in [0.1, 0.15) is 5.92 Å². The van der Waals surface area contributed by atoms with Gasteiger partial charge in [-0.2, -0.15) is 10.2 Å². The normalized spacial score (nSPS) is 12.6. The van der Waals surface area contributed by atoms with Crippen molar-refractivity contribution in [1.29, 1.82) is 5.26 Å². The fourth-order valence-corrected chi connectivity index (χ4v) is 1.31. The SMILES string of the molecule is CC(C#N)c1nc2ncc(Br)cn2n1. The molecular weight excluding hydrogens is 246 g/mol. The highest BCUT2D eigenvalue weighted by Crippen LogP contribution is 2.12. The van der Waals surface area contributed by atoms with E-state index in [2.05, 4.69) is 37.1 Å². The molecule has 0 fully saturated rings. The Morgan fingerprint density at radius 3 is 3.14 bits per heavy atom. The highest BCUT2D eigenvalue weighted by atomic mass is 79.9. The summed E-state index contributed by atoms with van der Waals surface area (Å²) < 4.78 is 2.37. The zero-order valence-electron chi connectivity index (χ0n) is 7.35. The molecule has 5 nitrogen and oxygen atoms in total. The zero-order chi connectivity index (χ0) is 10.1. The molecule has 2 rings (SSSR count). The molecule has 0 spiro atoms. The molecule has 1 atom stereocenters. The smallest absolute Gasteiger partial charge is 0.218 e. The van der Waals surface area contributed by atoms with Gasteiger partial charge in [-0.05, 0) is 22.9 Å². The van der Waals surface area contributed by atoms with Gasteiger partial charge >= 0.3 is 0 Å². The van der Waals surface area contributed by atoms with Gasteiger partial charge in [0, 0.05) is 12.4 Å². The molecule has 0 saturated carbocycles. The highest BCUT2D eigenvalue weighted by Gasteiger charge is 2.11. The lowest BCUT2D eigenvalue weighted by atomic mass is 10.2. The van der Waals surface area contributed by atoms with E-state index >= 15 is 0 Å². The first kappa shape index (κ1) is 9.09. The molecule has 70 valence electrons. The predicted molar refractivity (Wildman–Crippen MR) is 52.5 cm³/mol. The highest BCUT2D eigenvalue weighted by molar-refractivity contribution is 9.10. The maximum absolute atomic E-state index is 8.70. The molecule has 0 aliphatic heterocycles. The molecule has 6 heteroatoms. The summed E-state index contributed by atoms with van der Waals surface area (Å²) in [5, 5.41) is 12.8. The quantitative estimate of drug-likeness (QED) is 0.771. The Hall–Kier alpha value is -1.48. The van der Waals surface area contributed by atoms with E-state index < -0.39 is 0 Å². The van der Waals surface area contributed by atoms with Crippen LogP contribution in [0.25, 0.3) is 5.78 Å². The largest absolute Gasteiger partial charge is 0.252 e. The van der Waals surface area contributed by atoms with Crippen LogP contribution in [0.15, 0.2) is 16.9 Å². The minimum atomic E-state index is -0.310. The number of aromatic nitrogens is 4. The second-order valence-electron chi connectivity index (χ2n) is 2.84. The second kappa shape index (κ2) is 3.35. The van der Waals surface area contributed by atoms with Gasteiger partial charge in [0.2, 0.25) is 0 Å². The average Bonchev–Trinajstić information content (AvgIpc) is 2.59. The van der Waals surface area contributed by atoms with Gasteiger partial charge in [0.25, 0.3) is 5.78 Å². The summed E-state index contributed by atoms with van der Waals surface area (Å²) >= 11 is 3.28. The van der Waals surface area contributed by atoms with E-state index in [1.807, 2.05) is 0 Å². The maximum Gasteiger partial charge on any atom is 0.252 e. The van der Waals surface area contributed by atoms with E-state index in [0.717, 1.165) is 4.47 Å². The lowest BCUT2D eigenvalue weighted by Crippen LogP contribution is -1.93. The van der Waals surface area contributed by atoms with Gasteiger partial charge in [-0.25, -0.2) is 9.50 Å². The average molecular weight is 252 g/mol. The van der Waals surface area contributed by atoms with E-state index in [4.69, 9.17) is 5.26 Å². The standard InChI is InChI=1S/C8H6BrN5/c1-5(2-10)7-12-8-11-3-6(9)4-14(8)13-7/h3-5H,1H3. The van der Waals surface area contributed by atoms with Crippen molar-refractivity contribution in [2.75, 3.05) is 0 Å². The van der Waals surface area contributed by atoms with E-state index in [9.17, 15) is 0 Å². The Kier molecular flexibility index (Phi) is 2.17. The Bertz CT molecular complexity index is 512. The van der Waals surface area contributed by atoms with E-state index in [0.29, 0.717) is 11.6 Å². The number of hydrogen-bond donors (Lipinski definition) is 0.